The average molecular weight is 452 g/mol. The van der Waals surface area contributed by atoms with E-state index in [0.717, 1.165) is 8.95 Å². The van der Waals surface area contributed by atoms with E-state index in [9.17, 15) is 0 Å². The highest BCUT2D eigenvalue weighted by molar-refractivity contribution is 9.10. The van der Waals surface area contributed by atoms with Gasteiger partial charge in [-0.1, -0.05) is 43.6 Å². The van der Waals surface area contributed by atoms with E-state index < -0.39 is 0 Å². The Morgan fingerprint density at radius 3 is 1.78 bits per heavy atom. The SMILES string of the molecule is Br.CN1c2ccc(Br)cc2Sc2cc(Br)ccc21. The van der Waals surface area contributed by atoms with Crippen LogP contribution in [-0.4, -0.2) is 7.05 Å². The second-order valence-electron chi connectivity index (χ2n) is 3.89. The lowest BCUT2D eigenvalue weighted by atomic mass is 10.2. The number of rotatable bonds is 0. The van der Waals surface area contributed by atoms with E-state index in [1.54, 1.807) is 0 Å². The van der Waals surface area contributed by atoms with Crippen molar-refractivity contribution in [2.75, 3.05) is 11.9 Å². The van der Waals surface area contributed by atoms with Crippen molar-refractivity contribution < 1.29 is 0 Å². The van der Waals surface area contributed by atoms with Crippen LogP contribution >= 0.6 is 60.6 Å². The van der Waals surface area contributed by atoms with Gasteiger partial charge >= 0.3 is 0 Å². The minimum Gasteiger partial charge on any atom is -0.343 e. The number of hydrogen-bond acceptors (Lipinski definition) is 2. The molecule has 0 fully saturated rings. The Kier molecular flexibility index (Phi) is 4.47. The molecular weight excluding hydrogens is 442 g/mol. The standard InChI is InChI=1S/C13H9Br2NS.BrH/c1-16-10-4-2-8(14)6-12(10)17-13-7-9(15)3-5-11(13)16;/h2-7H,1H3;1H. The lowest BCUT2D eigenvalue weighted by molar-refractivity contribution is 1.11. The summed E-state index contributed by atoms with van der Waals surface area (Å²) in [7, 11) is 2.11. The number of nitrogens with zero attached hydrogens (tertiary/aromatic N) is 1. The zero-order valence-electron chi connectivity index (χ0n) is 9.48. The monoisotopic (exact) mass is 449 g/mol. The maximum absolute atomic E-state index is 3.52. The van der Waals surface area contributed by atoms with Crippen molar-refractivity contribution in [3.8, 4) is 0 Å². The van der Waals surface area contributed by atoms with Crippen molar-refractivity contribution in [2.45, 2.75) is 9.79 Å². The smallest absolute Gasteiger partial charge is 0.0551 e. The van der Waals surface area contributed by atoms with E-state index in [1.807, 2.05) is 11.8 Å². The van der Waals surface area contributed by atoms with Crippen LogP contribution in [0.2, 0.25) is 0 Å². The van der Waals surface area contributed by atoms with Crippen LogP contribution in [-0.2, 0) is 0 Å². The average Bonchev–Trinajstić information content (AvgIpc) is 2.28. The maximum Gasteiger partial charge on any atom is 0.0551 e. The molecule has 0 unspecified atom stereocenters. The van der Waals surface area contributed by atoms with E-state index in [1.165, 1.54) is 21.2 Å². The summed E-state index contributed by atoms with van der Waals surface area (Å²) >= 11 is 8.86. The molecule has 0 aromatic heterocycles. The molecule has 2 aromatic rings. The largest absolute Gasteiger partial charge is 0.343 e. The molecule has 0 saturated carbocycles. The Morgan fingerprint density at radius 1 is 0.889 bits per heavy atom. The molecule has 0 amide bonds. The van der Waals surface area contributed by atoms with Crippen molar-refractivity contribution in [3.05, 3.63) is 45.3 Å². The van der Waals surface area contributed by atoms with Crippen molar-refractivity contribution in [2.24, 2.45) is 0 Å². The molecule has 1 nitrogen and oxygen atoms in total. The van der Waals surface area contributed by atoms with Gasteiger partial charge in [-0.3, -0.25) is 0 Å². The number of hydrogen-bond donors (Lipinski definition) is 0. The van der Waals surface area contributed by atoms with Crippen LogP contribution in [0.15, 0.2) is 55.1 Å². The predicted octanol–water partition coefficient (Wildman–Crippen LogP) is 6.02. The van der Waals surface area contributed by atoms with Crippen molar-refractivity contribution in [1.82, 2.24) is 0 Å². The van der Waals surface area contributed by atoms with Crippen molar-refractivity contribution in [1.29, 1.82) is 0 Å². The third-order valence-electron chi connectivity index (χ3n) is 2.79. The molecule has 0 N–H and O–H groups in total. The van der Waals surface area contributed by atoms with Crippen molar-refractivity contribution >= 4 is 72.0 Å². The fraction of sp³-hybridized carbons (Fsp3) is 0.0769. The summed E-state index contributed by atoms with van der Waals surface area (Å²) in [5.41, 5.74) is 2.51. The first-order chi connectivity index (χ1) is 8.15. The summed E-state index contributed by atoms with van der Waals surface area (Å²) in [6.45, 7) is 0. The zero-order chi connectivity index (χ0) is 12.0. The first-order valence-electron chi connectivity index (χ1n) is 5.16. The molecular formula is C13H10Br3NS. The number of benzene rings is 2. The molecule has 18 heavy (non-hydrogen) atoms. The second kappa shape index (κ2) is 5.57. The number of fused-ring (bicyclic) bond motifs is 2. The molecule has 0 spiro atoms. The van der Waals surface area contributed by atoms with Gasteiger partial charge in [0.05, 0.1) is 11.4 Å². The highest BCUT2D eigenvalue weighted by atomic mass is 79.9. The molecule has 0 radical (unpaired) electrons. The number of anilines is 2. The lowest BCUT2D eigenvalue weighted by Crippen LogP contribution is -2.14. The Hall–Kier alpha value is 0.0300. The van der Waals surface area contributed by atoms with E-state index in [2.05, 4.69) is 80.2 Å². The van der Waals surface area contributed by atoms with E-state index in [4.69, 9.17) is 0 Å². The van der Waals surface area contributed by atoms with Gasteiger partial charge in [0.25, 0.3) is 0 Å². The Bertz CT molecular complexity index is 549. The van der Waals surface area contributed by atoms with Gasteiger partial charge in [0.1, 0.15) is 0 Å². The summed E-state index contributed by atoms with van der Waals surface area (Å²) in [6, 6.07) is 12.8. The van der Waals surface area contributed by atoms with E-state index >= 15 is 0 Å². The third-order valence-corrected chi connectivity index (χ3v) is 4.87. The third kappa shape index (κ3) is 2.50. The minimum absolute atomic E-state index is 0. The molecule has 0 aliphatic carbocycles. The van der Waals surface area contributed by atoms with Crippen LogP contribution < -0.4 is 4.90 Å². The van der Waals surface area contributed by atoms with Gasteiger partial charge in [0.15, 0.2) is 0 Å². The summed E-state index contributed by atoms with van der Waals surface area (Å²) in [6.07, 6.45) is 0. The van der Waals surface area contributed by atoms with E-state index in [-0.39, 0.29) is 17.0 Å². The molecule has 0 atom stereocenters. The quantitative estimate of drug-likeness (QED) is 0.481. The highest BCUT2D eigenvalue weighted by Gasteiger charge is 2.20. The second-order valence-corrected chi connectivity index (χ2v) is 6.80. The summed E-state index contributed by atoms with van der Waals surface area (Å²) in [4.78, 5) is 4.81. The van der Waals surface area contributed by atoms with Crippen LogP contribution in [0.5, 0.6) is 0 Å². The molecule has 0 bridgehead atoms. The summed E-state index contributed by atoms with van der Waals surface area (Å²) < 4.78 is 2.24. The van der Waals surface area contributed by atoms with Crippen LogP contribution in [0.1, 0.15) is 0 Å². The molecule has 1 aliphatic heterocycles. The Balaban J connectivity index is 0.00000120. The predicted molar refractivity (Wildman–Crippen MR) is 90.8 cm³/mol. The fourth-order valence-corrected chi connectivity index (χ4v) is 4.19. The minimum atomic E-state index is 0. The van der Waals surface area contributed by atoms with Gasteiger partial charge < -0.3 is 4.90 Å². The molecule has 2 aromatic carbocycles. The first-order valence-corrected chi connectivity index (χ1v) is 7.56. The van der Waals surface area contributed by atoms with Crippen molar-refractivity contribution in [3.63, 3.8) is 0 Å². The summed E-state index contributed by atoms with van der Waals surface area (Å²) in [5, 5.41) is 0. The van der Waals surface area contributed by atoms with Crippen LogP contribution in [0.3, 0.4) is 0 Å². The van der Waals surface area contributed by atoms with Gasteiger partial charge in [-0.15, -0.1) is 17.0 Å². The molecule has 3 rings (SSSR count). The van der Waals surface area contributed by atoms with Gasteiger partial charge in [-0.25, -0.2) is 0 Å². The first kappa shape index (κ1) is 14.4. The van der Waals surface area contributed by atoms with Crippen LogP contribution in [0.25, 0.3) is 0 Å². The number of halogens is 3. The van der Waals surface area contributed by atoms with Gasteiger partial charge in [0, 0.05) is 25.8 Å². The van der Waals surface area contributed by atoms with Crippen LogP contribution in [0, 0.1) is 0 Å². The molecule has 5 heteroatoms. The topological polar surface area (TPSA) is 3.24 Å². The molecule has 94 valence electrons. The summed E-state index contributed by atoms with van der Waals surface area (Å²) in [5.74, 6) is 0. The van der Waals surface area contributed by atoms with Gasteiger partial charge in [-0.2, -0.15) is 0 Å². The van der Waals surface area contributed by atoms with Gasteiger partial charge in [-0.05, 0) is 36.4 Å². The maximum atomic E-state index is 3.52. The fourth-order valence-electron chi connectivity index (χ4n) is 1.94. The normalized spacial score (nSPS) is 12.5. The molecule has 0 saturated heterocycles. The molecule has 1 heterocycles. The lowest BCUT2D eigenvalue weighted by Gasteiger charge is -2.29. The Morgan fingerprint density at radius 2 is 1.33 bits per heavy atom. The highest BCUT2D eigenvalue weighted by Crippen LogP contribution is 2.48. The Labute approximate surface area is 138 Å². The van der Waals surface area contributed by atoms with Crippen LogP contribution in [0.4, 0.5) is 11.4 Å². The van der Waals surface area contributed by atoms with E-state index in [0.29, 0.717) is 0 Å². The zero-order valence-corrected chi connectivity index (χ0v) is 15.2. The molecule has 1 aliphatic rings. The van der Waals surface area contributed by atoms with Gasteiger partial charge in [0.2, 0.25) is 0 Å².